The summed E-state index contributed by atoms with van der Waals surface area (Å²) in [5.74, 6) is -0.649. The molecule has 4 rings (SSSR count). The Bertz CT molecular complexity index is 902. The van der Waals surface area contributed by atoms with Crippen molar-refractivity contribution in [2.75, 3.05) is 32.8 Å². The van der Waals surface area contributed by atoms with E-state index in [4.69, 9.17) is 9.47 Å². The van der Waals surface area contributed by atoms with Crippen LogP contribution in [-0.4, -0.2) is 66.4 Å². The van der Waals surface area contributed by atoms with E-state index in [2.05, 4.69) is 10.2 Å². The zero-order valence-electron chi connectivity index (χ0n) is 20.1. The quantitative estimate of drug-likeness (QED) is 0.547. The summed E-state index contributed by atoms with van der Waals surface area (Å²) in [5, 5.41) is 12.3. The van der Waals surface area contributed by atoms with Gasteiger partial charge in [-0.1, -0.05) is 6.07 Å². The molecule has 1 saturated carbocycles. The topological polar surface area (TPSA) is 88.1 Å². The molecule has 1 aliphatic carbocycles. The lowest BCUT2D eigenvalue weighted by Gasteiger charge is -2.43. The lowest BCUT2D eigenvalue weighted by Crippen LogP contribution is -2.61. The number of benzene rings is 1. The normalized spacial score (nSPS) is 26.6. The molecule has 3 fully saturated rings. The molecule has 1 aromatic rings. The van der Waals surface area contributed by atoms with Crippen LogP contribution in [0.15, 0.2) is 24.3 Å². The predicted octanol–water partition coefficient (Wildman–Crippen LogP) is 4.14. The number of rotatable bonds is 7. The third-order valence-electron chi connectivity index (χ3n) is 7.70. The number of alkyl halides is 3. The molecule has 2 aliphatic heterocycles. The van der Waals surface area contributed by atoms with Gasteiger partial charge in [0.2, 0.25) is 5.91 Å². The Morgan fingerprint density at radius 1 is 1.14 bits per heavy atom. The van der Waals surface area contributed by atoms with Gasteiger partial charge in [0.25, 0.3) is 0 Å². The van der Waals surface area contributed by atoms with Gasteiger partial charge in [0.05, 0.1) is 11.5 Å². The molecular weight excluding hydrogens is 501 g/mol. The van der Waals surface area contributed by atoms with Gasteiger partial charge in [-0.2, -0.15) is 13.2 Å². The molecule has 36 heavy (non-hydrogen) atoms. The van der Waals surface area contributed by atoms with Gasteiger partial charge in [-0.3, -0.25) is 14.5 Å². The second-order valence-corrected chi connectivity index (χ2v) is 9.91. The standard InChI is InChI=1S/C25H33F3N2O5.ClH/c26-25(27,28)19-2-1-3-20(14-19)35-21-8-11-30(16-21)24(9-12-34-13-10-24)23(33)29-15-17-4-6-18(7-5-17)22(31)32;/h1-3,14,17-18,21H,4-13,15-16H2,(H,29,33)(H,31,32);1H. The van der Waals surface area contributed by atoms with E-state index in [9.17, 15) is 27.9 Å². The zero-order valence-corrected chi connectivity index (χ0v) is 20.9. The predicted molar refractivity (Wildman–Crippen MR) is 128 cm³/mol. The molecule has 1 atom stereocenters. The van der Waals surface area contributed by atoms with Crippen molar-refractivity contribution in [1.82, 2.24) is 10.2 Å². The second kappa shape index (κ2) is 12.0. The average Bonchev–Trinajstić information content (AvgIpc) is 3.32. The number of carbonyl (C=O) groups is 2. The molecule has 2 heterocycles. The van der Waals surface area contributed by atoms with E-state index in [0.29, 0.717) is 65.0 Å². The van der Waals surface area contributed by atoms with Crippen LogP contribution in [0.4, 0.5) is 13.2 Å². The van der Waals surface area contributed by atoms with Crippen LogP contribution in [0.3, 0.4) is 0 Å². The molecule has 0 aromatic heterocycles. The number of amides is 1. The van der Waals surface area contributed by atoms with Gasteiger partial charge in [0.1, 0.15) is 17.4 Å². The van der Waals surface area contributed by atoms with Gasteiger partial charge >= 0.3 is 12.1 Å². The Labute approximate surface area is 215 Å². The van der Waals surface area contributed by atoms with Crippen LogP contribution in [0.1, 0.15) is 50.5 Å². The summed E-state index contributed by atoms with van der Waals surface area (Å²) < 4.78 is 50.5. The molecule has 1 amide bonds. The van der Waals surface area contributed by atoms with Crippen LogP contribution >= 0.6 is 12.4 Å². The molecule has 0 spiro atoms. The maximum Gasteiger partial charge on any atom is 0.416 e. The highest BCUT2D eigenvalue weighted by atomic mass is 35.5. The second-order valence-electron chi connectivity index (χ2n) is 9.91. The number of nitrogens with one attached hydrogen (secondary N) is 1. The summed E-state index contributed by atoms with van der Waals surface area (Å²) in [4.78, 5) is 26.8. The average molecular weight is 535 g/mol. The Morgan fingerprint density at radius 3 is 2.47 bits per heavy atom. The fraction of sp³-hybridized carbons (Fsp3) is 0.680. The van der Waals surface area contributed by atoms with Crippen molar-refractivity contribution >= 4 is 24.3 Å². The maximum absolute atomic E-state index is 13.5. The molecule has 11 heteroatoms. The third-order valence-corrected chi connectivity index (χ3v) is 7.70. The number of nitrogens with zero attached hydrogens (tertiary/aromatic N) is 1. The number of hydrogen-bond acceptors (Lipinski definition) is 5. The van der Waals surface area contributed by atoms with E-state index in [1.54, 1.807) is 0 Å². The Kier molecular flexibility index (Phi) is 9.51. The summed E-state index contributed by atoms with van der Waals surface area (Å²) in [7, 11) is 0. The molecular formula is C25H34ClF3N2O5. The largest absolute Gasteiger partial charge is 0.489 e. The monoisotopic (exact) mass is 534 g/mol. The van der Waals surface area contributed by atoms with E-state index in [0.717, 1.165) is 25.0 Å². The van der Waals surface area contributed by atoms with E-state index in [1.807, 2.05) is 0 Å². The number of hydrogen-bond donors (Lipinski definition) is 2. The third kappa shape index (κ3) is 6.63. The van der Waals surface area contributed by atoms with Crippen molar-refractivity contribution in [3.8, 4) is 5.75 Å². The molecule has 202 valence electrons. The molecule has 7 nitrogen and oxygen atoms in total. The van der Waals surface area contributed by atoms with Gasteiger partial charge in [-0.25, -0.2) is 0 Å². The summed E-state index contributed by atoms with van der Waals surface area (Å²) in [6.07, 6.45) is -0.207. The number of carboxylic acid groups (broad SMARTS) is 1. The molecule has 2 saturated heterocycles. The van der Waals surface area contributed by atoms with Crippen LogP contribution in [0.5, 0.6) is 5.75 Å². The Balaban J connectivity index is 0.00000361. The van der Waals surface area contributed by atoms with E-state index in [1.165, 1.54) is 12.1 Å². The smallest absolute Gasteiger partial charge is 0.416 e. The van der Waals surface area contributed by atoms with Crippen molar-refractivity contribution in [3.63, 3.8) is 0 Å². The number of aliphatic carboxylic acids is 1. The molecule has 1 unspecified atom stereocenters. The summed E-state index contributed by atoms with van der Waals surface area (Å²) in [6, 6.07) is 4.89. The van der Waals surface area contributed by atoms with Crippen LogP contribution in [-0.2, 0) is 20.5 Å². The van der Waals surface area contributed by atoms with Gasteiger partial charge in [0, 0.05) is 32.8 Å². The Hall–Kier alpha value is -2.04. The lowest BCUT2D eigenvalue weighted by molar-refractivity contribution is -0.143. The van der Waals surface area contributed by atoms with Gasteiger partial charge in [-0.05, 0) is 69.1 Å². The summed E-state index contributed by atoms with van der Waals surface area (Å²) in [6.45, 7) is 2.51. The summed E-state index contributed by atoms with van der Waals surface area (Å²) >= 11 is 0. The fourth-order valence-electron chi connectivity index (χ4n) is 5.56. The minimum atomic E-state index is -4.43. The van der Waals surface area contributed by atoms with Crippen LogP contribution in [0.2, 0.25) is 0 Å². The minimum Gasteiger partial charge on any atom is -0.489 e. The maximum atomic E-state index is 13.5. The van der Waals surface area contributed by atoms with Gasteiger partial charge in [-0.15, -0.1) is 12.4 Å². The Morgan fingerprint density at radius 2 is 1.83 bits per heavy atom. The van der Waals surface area contributed by atoms with E-state index >= 15 is 0 Å². The summed E-state index contributed by atoms with van der Waals surface area (Å²) in [5.41, 5.74) is -1.48. The van der Waals surface area contributed by atoms with Gasteiger partial charge < -0.3 is 19.9 Å². The highest BCUT2D eigenvalue weighted by Crippen LogP contribution is 2.35. The fourth-order valence-corrected chi connectivity index (χ4v) is 5.56. The van der Waals surface area contributed by atoms with E-state index < -0.39 is 23.2 Å². The first-order valence-electron chi connectivity index (χ1n) is 12.4. The zero-order chi connectivity index (χ0) is 25.1. The molecule has 0 radical (unpaired) electrons. The first-order valence-corrected chi connectivity index (χ1v) is 12.4. The molecule has 2 N–H and O–H groups in total. The highest BCUT2D eigenvalue weighted by molar-refractivity contribution is 5.86. The van der Waals surface area contributed by atoms with Crippen molar-refractivity contribution in [1.29, 1.82) is 0 Å². The highest BCUT2D eigenvalue weighted by Gasteiger charge is 2.48. The van der Waals surface area contributed by atoms with Crippen molar-refractivity contribution < 1.29 is 37.3 Å². The van der Waals surface area contributed by atoms with Crippen LogP contribution in [0.25, 0.3) is 0 Å². The minimum absolute atomic E-state index is 0. The van der Waals surface area contributed by atoms with Crippen LogP contribution < -0.4 is 10.1 Å². The van der Waals surface area contributed by atoms with Gasteiger partial charge in [0.15, 0.2) is 0 Å². The number of carbonyl (C=O) groups excluding carboxylic acids is 1. The molecule has 0 bridgehead atoms. The van der Waals surface area contributed by atoms with Crippen molar-refractivity contribution in [2.45, 2.75) is 62.8 Å². The van der Waals surface area contributed by atoms with Crippen molar-refractivity contribution in [2.24, 2.45) is 11.8 Å². The molecule has 1 aromatic carbocycles. The van der Waals surface area contributed by atoms with E-state index in [-0.39, 0.29) is 42.0 Å². The number of likely N-dealkylation sites (tertiary alicyclic amines) is 1. The molecule has 3 aliphatic rings. The number of carboxylic acids is 1. The SMILES string of the molecule is Cl.O=C(O)C1CCC(CNC(=O)C2(N3CCC(Oc4cccc(C(F)(F)F)c4)C3)CCOCC2)CC1. The first-order chi connectivity index (χ1) is 16.7. The number of halogens is 4. The van der Waals surface area contributed by atoms with Crippen molar-refractivity contribution in [3.05, 3.63) is 29.8 Å². The first kappa shape index (κ1) is 28.5. The van der Waals surface area contributed by atoms with Crippen LogP contribution in [0, 0.1) is 11.8 Å². The lowest BCUT2D eigenvalue weighted by atomic mass is 9.81. The number of ether oxygens (including phenoxy) is 2.